The number of aromatic nitrogens is 2. The van der Waals surface area contributed by atoms with Gasteiger partial charge in [0.05, 0.1) is 24.1 Å². The Hall–Kier alpha value is -3.54. The third-order valence-corrected chi connectivity index (χ3v) is 6.83. The molecule has 1 fully saturated rings. The normalized spacial score (nSPS) is 15.3. The van der Waals surface area contributed by atoms with Crippen LogP contribution >= 0.6 is 11.3 Å². The minimum atomic E-state index is -0.332. The molecule has 0 radical (unpaired) electrons. The number of anilines is 3. The van der Waals surface area contributed by atoms with Crippen molar-refractivity contribution in [3.8, 4) is 5.75 Å². The first-order valence-corrected chi connectivity index (χ1v) is 12.4. The van der Waals surface area contributed by atoms with Crippen LogP contribution in [0.4, 0.5) is 16.5 Å². The third-order valence-electron chi connectivity index (χ3n) is 5.97. The predicted molar refractivity (Wildman–Crippen MR) is 136 cm³/mol. The zero-order valence-electron chi connectivity index (χ0n) is 19.4. The molecule has 0 spiro atoms. The van der Waals surface area contributed by atoms with Crippen LogP contribution in [-0.2, 0) is 6.54 Å². The number of nitrogens with zero attached hydrogens (tertiary/aromatic N) is 4. The molecule has 2 aromatic heterocycles. The molecule has 1 aromatic carbocycles. The van der Waals surface area contributed by atoms with E-state index in [2.05, 4.69) is 30.8 Å². The van der Waals surface area contributed by atoms with Gasteiger partial charge in [-0.1, -0.05) is 6.07 Å². The van der Waals surface area contributed by atoms with Gasteiger partial charge < -0.3 is 25.6 Å². The lowest BCUT2D eigenvalue weighted by atomic mass is 10.1. The van der Waals surface area contributed by atoms with Gasteiger partial charge in [0.25, 0.3) is 11.8 Å². The maximum absolute atomic E-state index is 13.1. The van der Waals surface area contributed by atoms with Crippen LogP contribution in [0.25, 0.3) is 0 Å². The molecule has 11 heteroatoms. The first-order chi connectivity index (χ1) is 17.1. The van der Waals surface area contributed by atoms with Gasteiger partial charge in [-0.3, -0.25) is 19.5 Å². The molecule has 2 aliphatic heterocycles. The highest BCUT2D eigenvalue weighted by atomic mass is 32.1. The average molecular weight is 494 g/mol. The molecule has 5 rings (SSSR count). The van der Waals surface area contributed by atoms with Gasteiger partial charge in [-0.05, 0) is 30.8 Å². The van der Waals surface area contributed by atoms with Crippen LogP contribution in [0.3, 0.4) is 0 Å². The minimum Gasteiger partial charge on any atom is -0.492 e. The van der Waals surface area contributed by atoms with Gasteiger partial charge in [-0.2, -0.15) is 0 Å². The lowest BCUT2D eigenvalue weighted by molar-refractivity contribution is 0.0991. The van der Waals surface area contributed by atoms with Crippen LogP contribution in [0.2, 0.25) is 0 Å². The maximum Gasteiger partial charge on any atom is 0.275 e. The number of benzene rings is 1. The molecule has 0 saturated carbocycles. The molecule has 0 unspecified atom stereocenters. The Balaban J connectivity index is 1.28. The third kappa shape index (κ3) is 4.97. The van der Waals surface area contributed by atoms with Crippen molar-refractivity contribution in [1.29, 1.82) is 0 Å². The number of piperazine rings is 1. The largest absolute Gasteiger partial charge is 0.492 e. The van der Waals surface area contributed by atoms with Crippen LogP contribution in [0, 0.1) is 0 Å². The van der Waals surface area contributed by atoms with Crippen molar-refractivity contribution in [2.75, 3.05) is 61.5 Å². The zero-order chi connectivity index (χ0) is 24.2. The van der Waals surface area contributed by atoms with E-state index in [4.69, 9.17) is 4.74 Å². The molecule has 3 aromatic rings. The number of hydrogen-bond donors (Lipinski definition) is 3. The second-order valence-electron chi connectivity index (χ2n) is 8.26. The molecule has 4 heterocycles. The van der Waals surface area contributed by atoms with Gasteiger partial charge in [0, 0.05) is 49.9 Å². The number of fused-ring (bicyclic) bond motifs is 1. The Kier molecular flexibility index (Phi) is 6.89. The van der Waals surface area contributed by atoms with Crippen molar-refractivity contribution in [1.82, 2.24) is 20.6 Å². The van der Waals surface area contributed by atoms with Gasteiger partial charge in [-0.15, -0.1) is 11.3 Å². The topological polar surface area (TPSA) is 112 Å². The van der Waals surface area contributed by atoms with Crippen molar-refractivity contribution in [2.45, 2.75) is 6.54 Å². The average Bonchev–Trinajstić information content (AvgIpc) is 3.50. The Morgan fingerprint density at radius 2 is 2.11 bits per heavy atom. The molecule has 1 saturated heterocycles. The molecule has 182 valence electrons. The highest BCUT2D eigenvalue weighted by Gasteiger charge is 2.31. The number of nitrogens with one attached hydrogen (secondary N) is 3. The summed E-state index contributed by atoms with van der Waals surface area (Å²) in [5.74, 6) is 0.181. The summed E-state index contributed by atoms with van der Waals surface area (Å²) in [6.07, 6.45) is 3.38. The lowest BCUT2D eigenvalue weighted by Crippen LogP contribution is -2.43. The highest BCUT2D eigenvalue weighted by Crippen LogP contribution is 2.33. The standard InChI is InChI=1S/C24H27N7O3S/c1-25-8-11-34-17-3-2-16-14-31(23(33)18(16)12-17)24-29-20(15-35-24)22(32)28-19-13-27-5-4-21(19)30-9-6-26-7-10-30/h2-5,12-13,15,25-26H,6-11,14H2,1H3,(H,28,32). The molecular weight excluding hydrogens is 466 g/mol. The summed E-state index contributed by atoms with van der Waals surface area (Å²) >= 11 is 1.27. The van der Waals surface area contributed by atoms with E-state index >= 15 is 0 Å². The molecule has 0 aliphatic carbocycles. The summed E-state index contributed by atoms with van der Waals surface area (Å²) < 4.78 is 5.70. The van der Waals surface area contributed by atoms with E-state index < -0.39 is 0 Å². The van der Waals surface area contributed by atoms with Crippen molar-refractivity contribution in [3.63, 3.8) is 0 Å². The molecule has 3 N–H and O–H groups in total. The number of pyridine rings is 1. The number of ether oxygens (including phenoxy) is 1. The number of likely N-dealkylation sites (N-methyl/N-ethyl adjacent to an activating group) is 1. The molecule has 0 bridgehead atoms. The van der Waals surface area contributed by atoms with Crippen molar-refractivity contribution < 1.29 is 14.3 Å². The molecule has 10 nitrogen and oxygen atoms in total. The quantitative estimate of drug-likeness (QED) is 0.409. The Bertz CT molecular complexity index is 1230. The van der Waals surface area contributed by atoms with E-state index in [-0.39, 0.29) is 17.5 Å². The van der Waals surface area contributed by atoms with Crippen molar-refractivity contribution in [2.24, 2.45) is 0 Å². The summed E-state index contributed by atoms with van der Waals surface area (Å²) in [5, 5.41) is 11.5. The molecule has 0 atom stereocenters. The first kappa shape index (κ1) is 23.2. The number of rotatable bonds is 8. The van der Waals surface area contributed by atoms with E-state index in [1.54, 1.807) is 28.7 Å². The van der Waals surface area contributed by atoms with Crippen LogP contribution < -0.4 is 30.5 Å². The molecule has 2 amide bonds. The number of carbonyl (C=O) groups excluding carboxylic acids is 2. The molecule has 2 aliphatic rings. The van der Waals surface area contributed by atoms with Crippen molar-refractivity contribution in [3.05, 3.63) is 58.9 Å². The predicted octanol–water partition coefficient (Wildman–Crippen LogP) is 1.96. The van der Waals surface area contributed by atoms with Crippen LogP contribution in [0.1, 0.15) is 26.4 Å². The second-order valence-corrected chi connectivity index (χ2v) is 9.10. The van der Waals surface area contributed by atoms with Gasteiger partial charge in [0.1, 0.15) is 18.1 Å². The highest BCUT2D eigenvalue weighted by molar-refractivity contribution is 7.14. The van der Waals surface area contributed by atoms with Crippen molar-refractivity contribution >= 4 is 39.7 Å². The summed E-state index contributed by atoms with van der Waals surface area (Å²) in [5.41, 5.74) is 3.35. The minimum absolute atomic E-state index is 0.145. The number of thiazole rings is 1. The van der Waals surface area contributed by atoms with Gasteiger partial charge in [0.15, 0.2) is 5.13 Å². The van der Waals surface area contributed by atoms with E-state index in [1.165, 1.54) is 11.3 Å². The van der Waals surface area contributed by atoms with Crippen LogP contribution in [0.5, 0.6) is 5.75 Å². The smallest absolute Gasteiger partial charge is 0.275 e. The summed E-state index contributed by atoms with van der Waals surface area (Å²) in [7, 11) is 1.86. The Labute approximate surface area is 207 Å². The summed E-state index contributed by atoms with van der Waals surface area (Å²) in [6.45, 7) is 5.14. The SMILES string of the molecule is CNCCOc1ccc2c(c1)C(=O)N(c1nc(C(=O)Nc3cnccc3N3CCNCC3)cs1)C2. The van der Waals surface area contributed by atoms with E-state index in [1.807, 2.05) is 25.2 Å². The maximum atomic E-state index is 13.1. The second kappa shape index (κ2) is 10.4. The molecule has 35 heavy (non-hydrogen) atoms. The Morgan fingerprint density at radius 3 is 2.94 bits per heavy atom. The van der Waals surface area contributed by atoms with E-state index in [0.29, 0.717) is 35.3 Å². The van der Waals surface area contributed by atoms with E-state index in [9.17, 15) is 9.59 Å². The molecular formula is C24H27N7O3S. The summed E-state index contributed by atoms with van der Waals surface area (Å²) in [4.78, 5) is 38.5. The Morgan fingerprint density at radius 1 is 1.26 bits per heavy atom. The number of hydrogen-bond acceptors (Lipinski definition) is 9. The monoisotopic (exact) mass is 493 g/mol. The fraction of sp³-hybridized carbons (Fsp3) is 0.333. The fourth-order valence-electron chi connectivity index (χ4n) is 4.14. The van der Waals surface area contributed by atoms with Gasteiger partial charge in [-0.25, -0.2) is 4.98 Å². The van der Waals surface area contributed by atoms with Gasteiger partial charge >= 0.3 is 0 Å². The zero-order valence-corrected chi connectivity index (χ0v) is 20.2. The van der Waals surface area contributed by atoms with E-state index in [0.717, 1.165) is 44.0 Å². The fourth-order valence-corrected chi connectivity index (χ4v) is 4.94. The van der Waals surface area contributed by atoms with Crippen LogP contribution in [-0.4, -0.2) is 68.2 Å². The number of carbonyl (C=O) groups is 2. The number of amides is 2. The first-order valence-electron chi connectivity index (χ1n) is 11.5. The summed E-state index contributed by atoms with van der Waals surface area (Å²) in [6, 6.07) is 7.46. The van der Waals surface area contributed by atoms with Gasteiger partial charge in [0.2, 0.25) is 0 Å². The lowest BCUT2D eigenvalue weighted by Gasteiger charge is -2.30. The van der Waals surface area contributed by atoms with Crippen LogP contribution in [0.15, 0.2) is 42.0 Å².